The lowest BCUT2D eigenvalue weighted by molar-refractivity contribution is -0.140. The van der Waals surface area contributed by atoms with Crippen LogP contribution in [0.2, 0.25) is 0 Å². The van der Waals surface area contributed by atoms with E-state index in [1.165, 1.54) is 12.0 Å². The summed E-state index contributed by atoms with van der Waals surface area (Å²) in [6.45, 7) is 0. The van der Waals surface area contributed by atoms with Crippen LogP contribution in [-0.4, -0.2) is 13.1 Å². The Morgan fingerprint density at radius 3 is 3.00 bits per heavy atom. The van der Waals surface area contributed by atoms with Gasteiger partial charge in [-0.05, 0) is 24.3 Å². The Labute approximate surface area is 94.2 Å². The minimum atomic E-state index is -0.139. The summed E-state index contributed by atoms with van der Waals surface area (Å²) in [5, 5.41) is 2.03. The third-order valence-corrected chi connectivity index (χ3v) is 3.29. The van der Waals surface area contributed by atoms with E-state index in [0.717, 1.165) is 19.3 Å². The van der Waals surface area contributed by atoms with Gasteiger partial charge in [0.25, 0.3) is 0 Å². The molecule has 4 heteroatoms. The molecule has 0 amide bonds. The number of methoxy groups -OCH3 is 1. The van der Waals surface area contributed by atoms with Gasteiger partial charge >= 0.3 is 5.97 Å². The predicted octanol–water partition coefficient (Wildman–Crippen LogP) is 2.48. The van der Waals surface area contributed by atoms with Crippen LogP contribution >= 0.6 is 11.3 Å². The molecule has 0 aliphatic heterocycles. The first-order chi connectivity index (χ1) is 7.24. The number of ether oxygens (including phenoxy) is 1. The molecule has 0 radical (unpaired) electrons. The van der Waals surface area contributed by atoms with E-state index in [-0.39, 0.29) is 12.0 Å². The maximum Gasteiger partial charge on any atom is 0.305 e. The molecule has 0 aromatic carbocycles. The Hall–Kier alpha value is -0.870. The van der Waals surface area contributed by atoms with Crippen molar-refractivity contribution < 1.29 is 9.53 Å². The van der Waals surface area contributed by atoms with E-state index in [2.05, 4.69) is 10.8 Å². The second-order valence-corrected chi connectivity index (χ2v) is 4.42. The number of carbonyl (C=O) groups is 1. The van der Waals surface area contributed by atoms with Gasteiger partial charge in [0.15, 0.2) is 0 Å². The summed E-state index contributed by atoms with van der Waals surface area (Å²) in [6, 6.07) is 4.17. The average molecular weight is 227 g/mol. The minimum absolute atomic E-state index is 0.114. The molecule has 2 N–H and O–H groups in total. The molecule has 0 spiro atoms. The summed E-state index contributed by atoms with van der Waals surface area (Å²) in [6.07, 6.45) is 3.24. The van der Waals surface area contributed by atoms with Crippen LogP contribution < -0.4 is 5.73 Å². The van der Waals surface area contributed by atoms with E-state index in [1.807, 2.05) is 11.4 Å². The van der Waals surface area contributed by atoms with Gasteiger partial charge in [-0.2, -0.15) is 0 Å². The van der Waals surface area contributed by atoms with Crippen molar-refractivity contribution in [2.75, 3.05) is 7.11 Å². The molecule has 0 bridgehead atoms. The molecule has 84 valence electrons. The fourth-order valence-corrected chi connectivity index (χ4v) is 2.14. The van der Waals surface area contributed by atoms with Crippen molar-refractivity contribution in [3.63, 3.8) is 0 Å². The van der Waals surface area contributed by atoms with Crippen LogP contribution in [0, 0.1) is 0 Å². The maximum atomic E-state index is 10.8. The summed E-state index contributed by atoms with van der Waals surface area (Å²) >= 11 is 1.68. The number of esters is 1. The highest BCUT2D eigenvalue weighted by atomic mass is 32.1. The van der Waals surface area contributed by atoms with Gasteiger partial charge in [-0.1, -0.05) is 12.5 Å². The first-order valence-corrected chi connectivity index (χ1v) is 5.98. The molecule has 0 saturated carbocycles. The molecular formula is C11H17NO2S. The first kappa shape index (κ1) is 12.2. The van der Waals surface area contributed by atoms with Crippen molar-refractivity contribution >= 4 is 17.3 Å². The molecule has 15 heavy (non-hydrogen) atoms. The minimum Gasteiger partial charge on any atom is -0.469 e. The molecule has 1 aromatic heterocycles. The van der Waals surface area contributed by atoms with E-state index in [4.69, 9.17) is 5.73 Å². The average Bonchev–Trinajstić information content (AvgIpc) is 2.77. The second kappa shape index (κ2) is 6.58. The highest BCUT2D eigenvalue weighted by Crippen LogP contribution is 2.21. The maximum absolute atomic E-state index is 10.8. The molecule has 0 aliphatic carbocycles. The predicted molar refractivity (Wildman–Crippen MR) is 61.7 cm³/mol. The summed E-state index contributed by atoms with van der Waals surface area (Å²) < 4.78 is 4.56. The highest BCUT2D eigenvalue weighted by Gasteiger charge is 2.07. The number of carbonyl (C=O) groups excluding carboxylic acids is 1. The zero-order chi connectivity index (χ0) is 11.1. The van der Waals surface area contributed by atoms with Crippen LogP contribution in [0.3, 0.4) is 0 Å². The molecule has 0 fully saturated rings. The van der Waals surface area contributed by atoms with Gasteiger partial charge in [-0.15, -0.1) is 11.3 Å². The zero-order valence-electron chi connectivity index (χ0n) is 8.94. The Morgan fingerprint density at radius 1 is 1.60 bits per heavy atom. The van der Waals surface area contributed by atoms with Gasteiger partial charge in [0.2, 0.25) is 0 Å². The molecule has 0 aliphatic rings. The van der Waals surface area contributed by atoms with E-state index >= 15 is 0 Å². The number of thiophene rings is 1. The molecule has 1 rings (SSSR count). The summed E-state index contributed by atoms with van der Waals surface area (Å²) in [5.74, 6) is -0.139. The van der Waals surface area contributed by atoms with Crippen LogP contribution in [-0.2, 0) is 9.53 Å². The number of rotatable bonds is 6. The van der Waals surface area contributed by atoms with Gasteiger partial charge < -0.3 is 10.5 Å². The highest BCUT2D eigenvalue weighted by molar-refractivity contribution is 7.10. The van der Waals surface area contributed by atoms with Crippen molar-refractivity contribution in [3.05, 3.63) is 22.4 Å². The standard InChI is InChI=1S/C11H17NO2S/c1-14-11(13)7-3-2-5-9(12)10-6-4-8-15-10/h4,6,8-9H,2-3,5,7,12H2,1H3. The third kappa shape index (κ3) is 4.44. The fraction of sp³-hybridized carbons (Fsp3) is 0.545. The molecule has 3 nitrogen and oxygen atoms in total. The van der Waals surface area contributed by atoms with E-state index in [0.29, 0.717) is 6.42 Å². The number of nitrogens with two attached hydrogens (primary N) is 1. The SMILES string of the molecule is COC(=O)CCCCC(N)c1cccs1. The van der Waals surface area contributed by atoms with Gasteiger partial charge in [0.05, 0.1) is 7.11 Å². The van der Waals surface area contributed by atoms with Crippen molar-refractivity contribution in [1.82, 2.24) is 0 Å². The van der Waals surface area contributed by atoms with Crippen LogP contribution in [0.4, 0.5) is 0 Å². The number of unbranched alkanes of at least 4 members (excludes halogenated alkanes) is 1. The molecular weight excluding hydrogens is 210 g/mol. The summed E-state index contributed by atoms with van der Waals surface area (Å²) in [5.41, 5.74) is 5.98. The van der Waals surface area contributed by atoms with E-state index in [1.54, 1.807) is 11.3 Å². The third-order valence-electron chi connectivity index (χ3n) is 2.28. The largest absolute Gasteiger partial charge is 0.469 e. The molecule has 1 heterocycles. The normalized spacial score (nSPS) is 12.4. The van der Waals surface area contributed by atoms with Gasteiger partial charge in [-0.3, -0.25) is 4.79 Å². The Kier molecular flexibility index (Phi) is 5.36. The van der Waals surface area contributed by atoms with Crippen LogP contribution in [0.25, 0.3) is 0 Å². The number of hydrogen-bond donors (Lipinski definition) is 1. The summed E-state index contributed by atoms with van der Waals surface area (Å²) in [4.78, 5) is 12.0. The molecule has 1 atom stereocenters. The Balaban J connectivity index is 2.13. The van der Waals surface area contributed by atoms with E-state index in [9.17, 15) is 4.79 Å². The van der Waals surface area contributed by atoms with Crippen molar-refractivity contribution in [3.8, 4) is 0 Å². The lowest BCUT2D eigenvalue weighted by Gasteiger charge is -2.08. The fourth-order valence-electron chi connectivity index (χ4n) is 1.38. The van der Waals surface area contributed by atoms with E-state index < -0.39 is 0 Å². The van der Waals surface area contributed by atoms with Crippen LogP contribution in [0.1, 0.15) is 36.6 Å². The second-order valence-electron chi connectivity index (χ2n) is 3.44. The Morgan fingerprint density at radius 2 is 2.40 bits per heavy atom. The van der Waals surface area contributed by atoms with Crippen molar-refractivity contribution in [2.45, 2.75) is 31.7 Å². The lowest BCUT2D eigenvalue weighted by Crippen LogP contribution is -2.08. The smallest absolute Gasteiger partial charge is 0.305 e. The first-order valence-electron chi connectivity index (χ1n) is 5.10. The number of hydrogen-bond acceptors (Lipinski definition) is 4. The summed E-state index contributed by atoms with van der Waals surface area (Å²) in [7, 11) is 1.42. The van der Waals surface area contributed by atoms with Gasteiger partial charge in [0.1, 0.15) is 0 Å². The Bertz CT molecular complexity index is 285. The van der Waals surface area contributed by atoms with Crippen LogP contribution in [0.5, 0.6) is 0 Å². The molecule has 0 saturated heterocycles. The topological polar surface area (TPSA) is 52.3 Å². The molecule has 1 unspecified atom stereocenters. The van der Waals surface area contributed by atoms with Crippen molar-refractivity contribution in [2.24, 2.45) is 5.73 Å². The zero-order valence-corrected chi connectivity index (χ0v) is 9.76. The molecule has 1 aromatic rings. The monoisotopic (exact) mass is 227 g/mol. The van der Waals surface area contributed by atoms with Crippen LogP contribution in [0.15, 0.2) is 17.5 Å². The van der Waals surface area contributed by atoms with Crippen molar-refractivity contribution in [1.29, 1.82) is 0 Å². The lowest BCUT2D eigenvalue weighted by atomic mass is 10.1. The quantitative estimate of drug-likeness (QED) is 0.600. The van der Waals surface area contributed by atoms with Gasteiger partial charge in [-0.25, -0.2) is 0 Å². The van der Waals surface area contributed by atoms with Gasteiger partial charge in [0, 0.05) is 17.3 Å².